The first-order chi connectivity index (χ1) is 6.83. The van der Waals surface area contributed by atoms with Crippen molar-refractivity contribution in [3.63, 3.8) is 0 Å². The topological polar surface area (TPSA) is 115 Å². The van der Waals surface area contributed by atoms with Crippen LogP contribution in [0.2, 0.25) is 0 Å². The van der Waals surface area contributed by atoms with Crippen molar-refractivity contribution in [1.29, 1.82) is 0 Å². The lowest BCUT2D eigenvalue weighted by Crippen LogP contribution is -2.28. The molecule has 0 bridgehead atoms. The summed E-state index contributed by atoms with van der Waals surface area (Å²) in [7, 11) is -2.29. The van der Waals surface area contributed by atoms with Crippen LogP contribution in [0.25, 0.3) is 0 Å². The second-order valence-corrected chi connectivity index (χ2v) is 5.30. The molecule has 84 valence electrons. The minimum absolute atomic E-state index is 0.00870. The molecular formula is C6H10N4O4S. The number of sulfone groups is 1. The van der Waals surface area contributed by atoms with Gasteiger partial charge in [0.25, 0.3) is 0 Å². The van der Waals surface area contributed by atoms with E-state index in [1.54, 1.807) is 0 Å². The van der Waals surface area contributed by atoms with Gasteiger partial charge in [-0.3, -0.25) is 4.79 Å². The number of carbonyl (C=O) groups is 1. The summed E-state index contributed by atoms with van der Waals surface area (Å²) in [5.41, 5.74) is 0. The third kappa shape index (κ3) is 2.72. The van der Waals surface area contributed by atoms with Crippen molar-refractivity contribution in [1.82, 2.24) is 20.2 Å². The molecule has 1 heterocycles. The molecule has 1 unspecified atom stereocenters. The van der Waals surface area contributed by atoms with Crippen LogP contribution in [0.4, 0.5) is 0 Å². The second-order valence-electron chi connectivity index (χ2n) is 2.98. The number of carboxylic acids is 1. The Morgan fingerprint density at radius 3 is 2.60 bits per heavy atom. The molecule has 1 rings (SSSR count). The lowest BCUT2D eigenvalue weighted by atomic mass is 10.5. The smallest absolute Gasteiger partial charge is 0.321 e. The van der Waals surface area contributed by atoms with Gasteiger partial charge in [-0.15, -0.1) is 10.2 Å². The molecule has 0 aliphatic rings. The number of aliphatic carboxylic acids is 1. The molecule has 1 N–H and O–H groups in total. The number of tetrazole rings is 1. The van der Waals surface area contributed by atoms with Crippen LogP contribution >= 0.6 is 0 Å². The zero-order valence-corrected chi connectivity index (χ0v) is 8.97. The van der Waals surface area contributed by atoms with Crippen molar-refractivity contribution < 1.29 is 18.3 Å². The van der Waals surface area contributed by atoms with E-state index in [1.165, 1.54) is 7.05 Å². The Bertz CT molecular complexity index is 465. The van der Waals surface area contributed by atoms with Crippen molar-refractivity contribution in [2.45, 2.75) is 17.9 Å². The molecule has 0 saturated carbocycles. The van der Waals surface area contributed by atoms with Crippen molar-refractivity contribution >= 4 is 15.8 Å². The highest BCUT2D eigenvalue weighted by Gasteiger charge is 2.29. The third-order valence-corrected chi connectivity index (χ3v) is 3.71. The lowest BCUT2D eigenvalue weighted by molar-refractivity contribution is -0.136. The fraction of sp³-hybridized carbons (Fsp3) is 0.667. The summed E-state index contributed by atoms with van der Waals surface area (Å²) in [5.74, 6) is -1.92. The van der Waals surface area contributed by atoms with Crippen LogP contribution in [0.3, 0.4) is 0 Å². The van der Waals surface area contributed by atoms with Crippen LogP contribution in [0.1, 0.15) is 12.7 Å². The van der Waals surface area contributed by atoms with Gasteiger partial charge in [-0.25, -0.2) is 8.42 Å². The first kappa shape index (κ1) is 11.6. The van der Waals surface area contributed by atoms with E-state index >= 15 is 0 Å². The average molecular weight is 234 g/mol. The van der Waals surface area contributed by atoms with Gasteiger partial charge in [0.05, 0.1) is 7.05 Å². The Morgan fingerprint density at radius 1 is 1.60 bits per heavy atom. The largest absolute Gasteiger partial charge is 0.480 e. The predicted molar refractivity (Wildman–Crippen MR) is 48.5 cm³/mol. The number of hydrogen-bond donors (Lipinski definition) is 1. The maximum absolute atomic E-state index is 11.5. The molecule has 15 heavy (non-hydrogen) atoms. The van der Waals surface area contributed by atoms with Crippen LogP contribution in [-0.4, -0.2) is 45.0 Å². The summed E-state index contributed by atoms with van der Waals surface area (Å²) >= 11 is 0. The van der Waals surface area contributed by atoms with Gasteiger partial charge in [-0.2, -0.15) is 4.80 Å². The standard InChI is InChI=1S/C6H10N4O4S/c1-4(6(11)12)15(13,14)3-5-7-9-10(2)8-5/h4H,3H2,1-2H3,(H,11,12). The number of nitrogens with zero attached hydrogens (tertiary/aromatic N) is 4. The number of hydrogen-bond acceptors (Lipinski definition) is 6. The van der Waals surface area contributed by atoms with Gasteiger partial charge in [0.15, 0.2) is 20.9 Å². The Morgan fingerprint density at radius 2 is 2.20 bits per heavy atom. The third-order valence-electron chi connectivity index (χ3n) is 1.77. The zero-order chi connectivity index (χ0) is 11.6. The van der Waals surface area contributed by atoms with Crippen LogP contribution < -0.4 is 0 Å². The summed E-state index contributed by atoms with van der Waals surface area (Å²) in [5, 5.41) is 17.7. The highest BCUT2D eigenvalue weighted by molar-refractivity contribution is 7.91. The van der Waals surface area contributed by atoms with E-state index in [1.807, 2.05) is 0 Å². The van der Waals surface area contributed by atoms with E-state index in [0.29, 0.717) is 0 Å². The average Bonchev–Trinajstić information content (AvgIpc) is 2.48. The van der Waals surface area contributed by atoms with Crippen LogP contribution in [0.5, 0.6) is 0 Å². The molecular weight excluding hydrogens is 224 g/mol. The van der Waals surface area contributed by atoms with E-state index in [0.717, 1.165) is 11.7 Å². The van der Waals surface area contributed by atoms with Gasteiger partial charge in [0.1, 0.15) is 5.75 Å². The van der Waals surface area contributed by atoms with Crippen molar-refractivity contribution in [2.75, 3.05) is 0 Å². The van der Waals surface area contributed by atoms with Gasteiger partial charge in [0.2, 0.25) is 0 Å². The molecule has 1 atom stereocenters. The van der Waals surface area contributed by atoms with Crippen molar-refractivity contribution in [3.05, 3.63) is 5.82 Å². The maximum atomic E-state index is 11.5. The summed E-state index contributed by atoms with van der Waals surface area (Å²) in [6, 6.07) is 0. The number of aromatic nitrogens is 4. The Labute approximate surface area is 85.8 Å². The molecule has 0 spiro atoms. The van der Waals surface area contributed by atoms with E-state index in [-0.39, 0.29) is 5.82 Å². The van der Waals surface area contributed by atoms with Crippen molar-refractivity contribution in [2.24, 2.45) is 7.05 Å². The summed E-state index contributed by atoms with van der Waals surface area (Å²) < 4.78 is 22.9. The van der Waals surface area contributed by atoms with Crippen molar-refractivity contribution in [3.8, 4) is 0 Å². The summed E-state index contributed by atoms with van der Waals surface area (Å²) in [6.07, 6.45) is 0. The lowest BCUT2D eigenvalue weighted by Gasteiger charge is -2.05. The summed E-state index contributed by atoms with van der Waals surface area (Å²) in [4.78, 5) is 11.6. The van der Waals surface area contributed by atoms with Gasteiger partial charge in [-0.1, -0.05) is 0 Å². The highest BCUT2D eigenvalue weighted by atomic mass is 32.2. The quantitative estimate of drug-likeness (QED) is 0.681. The molecule has 0 radical (unpaired) electrons. The predicted octanol–water partition coefficient (Wildman–Crippen LogP) is -1.40. The number of carboxylic acid groups (broad SMARTS) is 1. The van der Waals surface area contributed by atoms with Gasteiger partial charge < -0.3 is 5.11 Å². The molecule has 8 nitrogen and oxygen atoms in total. The second kappa shape index (κ2) is 3.93. The number of rotatable bonds is 4. The minimum atomic E-state index is -3.78. The first-order valence-electron chi connectivity index (χ1n) is 4.00. The molecule has 0 fully saturated rings. The van der Waals surface area contributed by atoms with Crippen LogP contribution in [-0.2, 0) is 27.4 Å². The summed E-state index contributed by atoms with van der Waals surface area (Å²) in [6.45, 7) is 1.11. The van der Waals surface area contributed by atoms with E-state index in [4.69, 9.17) is 5.11 Å². The molecule has 0 saturated heterocycles. The maximum Gasteiger partial charge on any atom is 0.321 e. The van der Waals surface area contributed by atoms with Gasteiger partial charge in [-0.05, 0) is 12.1 Å². The SMILES string of the molecule is CC(C(=O)O)S(=O)(=O)Cc1nnn(C)n1. The van der Waals surface area contributed by atoms with E-state index < -0.39 is 26.8 Å². The monoisotopic (exact) mass is 234 g/mol. The normalized spacial score (nSPS) is 13.7. The molecule has 0 amide bonds. The number of aryl methyl sites for hydroxylation is 1. The molecule has 0 aromatic carbocycles. The zero-order valence-electron chi connectivity index (χ0n) is 8.15. The fourth-order valence-corrected chi connectivity index (χ4v) is 1.87. The van der Waals surface area contributed by atoms with E-state index in [2.05, 4.69) is 15.4 Å². The van der Waals surface area contributed by atoms with Crippen LogP contribution in [0, 0.1) is 0 Å². The van der Waals surface area contributed by atoms with Gasteiger partial charge in [0, 0.05) is 0 Å². The highest BCUT2D eigenvalue weighted by Crippen LogP contribution is 2.07. The van der Waals surface area contributed by atoms with Crippen LogP contribution in [0.15, 0.2) is 0 Å². The molecule has 0 aliphatic carbocycles. The van der Waals surface area contributed by atoms with Gasteiger partial charge >= 0.3 is 5.97 Å². The molecule has 9 heteroatoms. The Kier molecular flexibility index (Phi) is 3.03. The fourth-order valence-electron chi connectivity index (χ4n) is 0.840. The Hall–Kier alpha value is -1.51. The molecule has 0 aliphatic heterocycles. The minimum Gasteiger partial charge on any atom is -0.480 e. The molecule has 1 aromatic heterocycles. The first-order valence-corrected chi connectivity index (χ1v) is 5.71. The molecule has 1 aromatic rings. The Balaban J connectivity index is 2.86. The van der Waals surface area contributed by atoms with E-state index in [9.17, 15) is 13.2 Å².